The third kappa shape index (κ3) is 7.13. The van der Waals surface area contributed by atoms with Crippen molar-refractivity contribution in [2.45, 2.75) is 50.1 Å². The van der Waals surface area contributed by atoms with Crippen molar-refractivity contribution < 1.29 is 0 Å². The molecule has 0 N–H and O–H groups in total. The summed E-state index contributed by atoms with van der Waals surface area (Å²) >= 11 is 8.42. The number of piperidine rings is 1. The number of fused-ring (bicyclic) bond motifs is 1. The zero-order valence-electron chi connectivity index (χ0n) is 20.7. The van der Waals surface area contributed by atoms with Crippen molar-refractivity contribution in [1.82, 2.24) is 9.80 Å². The topological polar surface area (TPSA) is 6.48 Å². The highest BCUT2D eigenvalue weighted by Crippen LogP contribution is 2.29. The average Bonchev–Trinajstić information content (AvgIpc) is 3.09. The molecule has 5 rings (SSSR count). The van der Waals surface area contributed by atoms with Gasteiger partial charge in [0, 0.05) is 36.1 Å². The summed E-state index contributed by atoms with van der Waals surface area (Å²) in [6.07, 6.45) is 6.28. The molecule has 184 valence electrons. The second-order valence-electron chi connectivity index (χ2n) is 10.1. The van der Waals surface area contributed by atoms with Gasteiger partial charge in [-0.2, -0.15) is 0 Å². The van der Waals surface area contributed by atoms with Gasteiger partial charge in [-0.05, 0) is 97.3 Å². The Balaban J connectivity index is 1.05. The third-order valence-corrected chi connectivity index (χ3v) is 9.07. The van der Waals surface area contributed by atoms with Crippen LogP contribution < -0.4 is 0 Å². The fourth-order valence-electron chi connectivity index (χ4n) is 5.48. The highest BCUT2D eigenvalue weighted by atomic mass is 35.5. The molecule has 3 aromatic carbocycles. The van der Waals surface area contributed by atoms with Crippen molar-refractivity contribution in [3.8, 4) is 0 Å². The summed E-state index contributed by atoms with van der Waals surface area (Å²) in [7, 11) is 0. The molecule has 0 radical (unpaired) electrons. The first-order valence-electron chi connectivity index (χ1n) is 13.2. The Kier molecular flexibility index (Phi) is 8.86. The van der Waals surface area contributed by atoms with Gasteiger partial charge in [0.05, 0.1) is 0 Å². The van der Waals surface area contributed by atoms with E-state index in [9.17, 15) is 0 Å². The Bertz CT molecular complexity index is 1080. The Morgan fingerprint density at radius 2 is 1.46 bits per heavy atom. The highest BCUT2D eigenvalue weighted by molar-refractivity contribution is 7.99. The van der Waals surface area contributed by atoms with Crippen LogP contribution in [0.5, 0.6) is 0 Å². The van der Waals surface area contributed by atoms with E-state index in [-0.39, 0.29) is 0 Å². The number of likely N-dealkylation sites (tertiary alicyclic amines) is 1. The number of nitrogens with zero attached hydrogens (tertiary/aromatic N) is 2. The quantitative estimate of drug-likeness (QED) is 0.296. The van der Waals surface area contributed by atoms with E-state index in [1.807, 2.05) is 12.1 Å². The Hall–Kier alpha value is -1.78. The standard InChI is InChI=1S/C31H37ClN2S/c32-31-9-5-4-8-29(31)24-34-17-12-25(13-18-34)16-21-35-30-11-10-27-14-19-33(20-15-28(27)22-30)23-26-6-2-1-3-7-26/h1-11,22,25H,12-21,23-24H2. The molecule has 3 aromatic rings. The normalized spacial score (nSPS) is 17.7. The van der Waals surface area contributed by atoms with E-state index < -0.39 is 0 Å². The molecule has 4 heteroatoms. The van der Waals surface area contributed by atoms with Gasteiger partial charge in [-0.25, -0.2) is 0 Å². The van der Waals surface area contributed by atoms with Gasteiger partial charge in [-0.1, -0.05) is 66.2 Å². The maximum Gasteiger partial charge on any atom is 0.0451 e. The van der Waals surface area contributed by atoms with Crippen molar-refractivity contribution >= 4 is 23.4 Å². The van der Waals surface area contributed by atoms with Crippen LogP contribution in [0.25, 0.3) is 0 Å². The lowest BCUT2D eigenvalue weighted by atomic mass is 9.94. The van der Waals surface area contributed by atoms with Crippen LogP contribution in [0, 0.1) is 5.92 Å². The number of hydrogen-bond donors (Lipinski definition) is 0. The number of halogens is 1. The van der Waals surface area contributed by atoms with Gasteiger partial charge in [-0.15, -0.1) is 11.8 Å². The monoisotopic (exact) mass is 504 g/mol. The Morgan fingerprint density at radius 3 is 2.26 bits per heavy atom. The van der Waals surface area contributed by atoms with Crippen LogP contribution in [-0.4, -0.2) is 41.7 Å². The molecule has 35 heavy (non-hydrogen) atoms. The van der Waals surface area contributed by atoms with Gasteiger partial charge in [0.2, 0.25) is 0 Å². The predicted molar refractivity (Wildman–Crippen MR) is 150 cm³/mol. The molecule has 1 fully saturated rings. The number of benzene rings is 3. The molecule has 0 bridgehead atoms. The Labute approximate surface area is 220 Å². The summed E-state index contributed by atoms with van der Waals surface area (Å²) in [5.41, 5.74) is 5.80. The first kappa shape index (κ1) is 24.9. The second kappa shape index (κ2) is 12.5. The fourth-order valence-corrected chi connectivity index (χ4v) is 6.75. The number of rotatable bonds is 8. The molecule has 0 atom stereocenters. The van der Waals surface area contributed by atoms with Crippen molar-refractivity contribution in [2.75, 3.05) is 31.9 Å². The molecular weight excluding hydrogens is 468 g/mol. The molecule has 1 saturated heterocycles. The van der Waals surface area contributed by atoms with E-state index >= 15 is 0 Å². The first-order chi connectivity index (χ1) is 17.2. The first-order valence-corrected chi connectivity index (χ1v) is 14.6. The smallest absolute Gasteiger partial charge is 0.0451 e. The van der Waals surface area contributed by atoms with Gasteiger partial charge in [0.1, 0.15) is 0 Å². The van der Waals surface area contributed by atoms with E-state index in [1.54, 1.807) is 11.1 Å². The lowest BCUT2D eigenvalue weighted by Gasteiger charge is -2.32. The van der Waals surface area contributed by atoms with Gasteiger partial charge >= 0.3 is 0 Å². The number of hydrogen-bond acceptors (Lipinski definition) is 3. The van der Waals surface area contributed by atoms with Crippen molar-refractivity contribution in [3.63, 3.8) is 0 Å². The summed E-state index contributed by atoms with van der Waals surface area (Å²) in [5, 5.41) is 0.899. The summed E-state index contributed by atoms with van der Waals surface area (Å²) in [6.45, 7) is 6.75. The molecule has 0 amide bonds. The fraction of sp³-hybridized carbons (Fsp3) is 0.419. The van der Waals surface area contributed by atoms with E-state index in [0.29, 0.717) is 0 Å². The van der Waals surface area contributed by atoms with E-state index in [2.05, 4.69) is 82.2 Å². The third-order valence-electron chi connectivity index (χ3n) is 7.68. The van der Waals surface area contributed by atoms with Crippen LogP contribution >= 0.6 is 23.4 Å². The zero-order chi connectivity index (χ0) is 23.9. The molecule has 0 unspecified atom stereocenters. The van der Waals surface area contributed by atoms with Crippen molar-refractivity contribution in [2.24, 2.45) is 5.92 Å². The molecule has 0 spiro atoms. The molecule has 0 saturated carbocycles. The summed E-state index contributed by atoms with van der Waals surface area (Å²) in [5.74, 6) is 2.09. The molecule has 2 aliphatic heterocycles. The summed E-state index contributed by atoms with van der Waals surface area (Å²) in [6, 6.07) is 26.4. The maximum absolute atomic E-state index is 6.36. The largest absolute Gasteiger partial charge is 0.299 e. The Morgan fingerprint density at radius 1 is 0.743 bits per heavy atom. The minimum absolute atomic E-state index is 0.859. The van der Waals surface area contributed by atoms with Gasteiger partial charge in [0.25, 0.3) is 0 Å². The zero-order valence-corrected chi connectivity index (χ0v) is 22.2. The lowest BCUT2D eigenvalue weighted by Crippen LogP contribution is -2.33. The van der Waals surface area contributed by atoms with E-state index in [1.165, 1.54) is 67.0 Å². The SMILES string of the molecule is Clc1ccccc1CN1CCC(CCSc2ccc3c(c2)CCN(Cc2ccccc2)CC3)CC1. The molecular formula is C31H37ClN2S. The van der Waals surface area contributed by atoms with Crippen LogP contribution in [-0.2, 0) is 25.9 Å². The predicted octanol–water partition coefficient (Wildman–Crippen LogP) is 7.34. The minimum Gasteiger partial charge on any atom is -0.299 e. The molecule has 2 nitrogen and oxygen atoms in total. The van der Waals surface area contributed by atoms with E-state index in [4.69, 9.17) is 11.6 Å². The highest BCUT2D eigenvalue weighted by Gasteiger charge is 2.20. The van der Waals surface area contributed by atoms with Crippen LogP contribution in [0.15, 0.2) is 77.7 Å². The molecule has 0 aromatic heterocycles. The van der Waals surface area contributed by atoms with Crippen LogP contribution in [0.3, 0.4) is 0 Å². The summed E-state index contributed by atoms with van der Waals surface area (Å²) in [4.78, 5) is 6.63. The van der Waals surface area contributed by atoms with Gasteiger partial charge < -0.3 is 0 Å². The van der Waals surface area contributed by atoms with Crippen molar-refractivity contribution in [1.29, 1.82) is 0 Å². The van der Waals surface area contributed by atoms with Crippen LogP contribution in [0.1, 0.15) is 41.5 Å². The second-order valence-corrected chi connectivity index (χ2v) is 11.7. The van der Waals surface area contributed by atoms with Crippen LogP contribution in [0.2, 0.25) is 5.02 Å². The lowest BCUT2D eigenvalue weighted by molar-refractivity contribution is 0.175. The van der Waals surface area contributed by atoms with Gasteiger partial charge in [-0.3, -0.25) is 9.80 Å². The van der Waals surface area contributed by atoms with Crippen molar-refractivity contribution in [3.05, 3.63) is 100 Å². The van der Waals surface area contributed by atoms with E-state index in [0.717, 1.165) is 37.1 Å². The molecule has 2 aliphatic rings. The number of thioether (sulfide) groups is 1. The average molecular weight is 505 g/mol. The maximum atomic E-state index is 6.36. The molecule has 0 aliphatic carbocycles. The van der Waals surface area contributed by atoms with Crippen LogP contribution in [0.4, 0.5) is 0 Å². The summed E-state index contributed by atoms with van der Waals surface area (Å²) < 4.78 is 0. The van der Waals surface area contributed by atoms with Gasteiger partial charge in [0.15, 0.2) is 0 Å². The minimum atomic E-state index is 0.859. The molecule has 2 heterocycles.